The average Bonchev–Trinajstić information content (AvgIpc) is 2.22. The highest BCUT2D eigenvalue weighted by Gasteiger charge is 2.29. The number of hydrogen-bond acceptors (Lipinski definition) is 2. The lowest BCUT2D eigenvalue weighted by atomic mass is 9.83. The van der Waals surface area contributed by atoms with Crippen LogP contribution in [0.4, 0.5) is 0 Å². The maximum absolute atomic E-state index is 12.2. The fourth-order valence-electron chi connectivity index (χ4n) is 2.92. The van der Waals surface area contributed by atoms with Gasteiger partial charge >= 0.3 is 0 Å². The Labute approximate surface area is 111 Å². The first-order valence-corrected chi connectivity index (χ1v) is 6.67. The molecule has 0 bridgehead atoms. The van der Waals surface area contributed by atoms with E-state index < -0.39 is 0 Å². The highest BCUT2D eigenvalue weighted by molar-refractivity contribution is 5.85. The molecule has 0 heterocycles. The number of carbonyl (C=O) groups is 1. The van der Waals surface area contributed by atoms with Crippen LogP contribution in [0, 0.1) is 11.8 Å². The number of rotatable bonds is 3. The zero-order valence-electron chi connectivity index (χ0n) is 10.7. The summed E-state index contributed by atoms with van der Waals surface area (Å²) < 4.78 is 0. The lowest BCUT2D eigenvalue weighted by molar-refractivity contribution is -0.136. The van der Waals surface area contributed by atoms with Crippen molar-refractivity contribution in [2.24, 2.45) is 17.6 Å². The molecule has 2 atom stereocenters. The first-order chi connectivity index (χ1) is 7.66. The van der Waals surface area contributed by atoms with E-state index in [9.17, 15) is 4.79 Å². The van der Waals surface area contributed by atoms with E-state index in [1.807, 2.05) is 11.9 Å². The SMILES string of the molecule is CN(CC1CCC1)C(=O)C1CCCC(N)C1.Cl. The lowest BCUT2D eigenvalue weighted by Gasteiger charge is -2.34. The van der Waals surface area contributed by atoms with Crippen molar-refractivity contribution in [3.8, 4) is 0 Å². The van der Waals surface area contributed by atoms with Crippen LogP contribution in [0.15, 0.2) is 0 Å². The number of hydrogen-bond donors (Lipinski definition) is 1. The van der Waals surface area contributed by atoms with E-state index in [0.717, 1.165) is 38.1 Å². The van der Waals surface area contributed by atoms with Gasteiger partial charge in [0.15, 0.2) is 0 Å². The van der Waals surface area contributed by atoms with Gasteiger partial charge in [0, 0.05) is 25.6 Å². The quantitative estimate of drug-likeness (QED) is 0.846. The summed E-state index contributed by atoms with van der Waals surface area (Å²) in [6.45, 7) is 0.963. The van der Waals surface area contributed by atoms with Crippen LogP contribution in [0.3, 0.4) is 0 Å². The highest BCUT2D eigenvalue weighted by Crippen LogP contribution is 2.29. The van der Waals surface area contributed by atoms with Gasteiger partial charge in [0.05, 0.1) is 0 Å². The Morgan fingerprint density at radius 3 is 2.41 bits per heavy atom. The van der Waals surface area contributed by atoms with Gasteiger partial charge in [-0.1, -0.05) is 12.8 Å². The summed E-state index contributed by atoms with van der Waals surface area (Å²) >= 11 is 0. The van der Waals surface area contributed by atoms with Crippen molar-refractivity contribution >= 4 is 18.3 Å². The molecule has 0 aromatic heterocycles. The van der Waals surface area contributed by atoms with Gasteiger partial charge in [0.25, 0.3) is 0 Å². The molecule has 0 radical (unpaired) electrons. The van der Waals surface area contributed by atoms with Gasteiger partial charge in [-0.25, -0.2) is 0 Å². The maximum atomic E-state index is 12.2. The third-order valence-corrected chi connectivity index (χ3v) is 4.20. The van der Waals surface area contributed by atoms with Crippen molar-refractivity contribution in [3.05, 3.63) is 0 Å². The zero-order valence-corrected chi connectivity index (χ0v) is 11.5. The Bertz CT molecular complexity index is 256. The van der Waals surface area contributed by atoms with Gasteiger partial charge in [-0.15, -0.1) is 12.4 Å². The molecule has 0 aromatic carbocycles. The number of halogens is 1. The monoisotopic (exact) mass is 260 g/mol. The predicted octanol–water partition coefficient (Wildman–Crippen LogP) is 2.18. The minimum Gasteiger partial charge on any atom is -0.345 e. The second-order valence-corrected chi connectivity index (χ2v) is 5.64. The Morgan fingerprint density at radius 1 is 1.24 bits per heavy atom. The molecule has 1 amide bonds. The second kappa shape index (κ2) is 6.60. The third-order valence-electron chi connectivity index (χ3n) is 4.20. The molecule has 2 aliphatic rings. The molecule has 100 valence electrons. The van der Waals surface area contributed by atoms with E-state index in [4.69, 9.17) is 5.73 Å². The summed E-state index contributed by atoms with van der Waals surface area (Å²) in [4.78, 5) is 14.1. The zero-order chi connectivity index (χ0) is 11.5. The summed E-state index contributed by atoms with van der Waals surface area (Å²) in [7, 11) is 1.96. The molecule has 2 fully saturated rings. The van der Waals surface area contributed by atoms with Crippen molar-refractivity contribution in [2.75, 3.05) is 13.6 Å². The standard InChI is InChI=1S/C13H24N2O.ClH/c1-15(9-10-4-2-5-10)13(16)11-6-3-7-12(14)8-11;/h10-12H,2-9,14H2,1H3;1H. The van der Waals surface area contributed by atoms with E-state index in [-0.39, 0.29) is 24.4 Å². The number of carbonyl (C=O) groups excluding carboxylic acids is 1. The number of amides is 1. The molecule has 2 rings (SSSR count). The maximum Gasteiger partial charge on any atom is 0.225 e. The van der Waals surface area contributed by atoms with Crippen LogP contribution in [0.2, 0.25) is 0 Å². The van der Waals surface area contributed by atoms with Crippen molar-refractivity contribution in [2.45, 2.75) is 51.0 Å². The van der Waals surface area contributed by atoms with Crippen LogP contribution < -0.4 is 5.73 Å². The van der Waals surface area contributed by atoms with Crippen molar-refractivity contribution in [1.82, 2.24) is 4.90 Å². The van der Waals surface area contributed by atoms with Gasteiger partial charge in [-0.05, 0) is 38.0 Å². The molecule has 2 saturated carbocycles. The summed E-state index contributed by atoms with van der Waals surface area (Å²) in [6, 6.07) is 0.250. The van der Waals surface area contributed by atoms with E-state index in [0.29, 0.717) is 5.91 Å². The van der Waals surface area contributed by atoms with Crippen LogP contribution in [-0.4, -0.2) is 30.4 Å². The predicted molar refractivity (Wildman–Crippen MR) is 72.2 cm³/mol. The first kappa shape index (κ1) is 14.8. The summed E-state index contributed by atoms with van der Waals surface area (Å²) in [5, 5.41) is 0. The van der Waals surface area contributed by atoms with Crippen molar-refractivity contribution < 1.29 is 4.79 Å². The first-order valence-electron chi connectivity index (χ1n) is 6.67. The van der Waals surface area contributed by atoms with E-state index in [1.54, 1.807) is 0 Å². The third kappa shape index (κ3) is 3.85. The van der Waals surface area contributed by atoms with Crippen molar-refractivity contribution in [3.63, 3.8) is 0 Å². The Kier molecular flexibility index (Phi) is 5.74. The number of nitrogens with two attached hydrogens (primary N) is 1. The summed E-state index contributed by atoms with van der Waals surface area (Å²) in [5.41, 5.74) is 5.93. The Balaban J connectivity index is 0.00000144. The highest BCUT2D eigenvalue weighted by atomic mass is 35.5. The van der Waals surface area contributed by atoms with Gasteiger partial charge in [-0.2, -0.15) is 0 Å². The smallest absolute Gasteiger partial charge is 0.225 e. The normalized spacial score (nSPS) is 29.1. The van der Waals surface area contributed by atoms with E-state index in [2.05, 4.69) is 0 Å². The summed E-state index contributed by atoms with van der Waals surface area (Å²) in [6.07, 6.45) is 8.12. The van der Waals surface area contributed by atoms with Crippen LogP contribution in [0.1, 0.15) is 44.9 Å². The molecular weight excluding hydrogens is 236 g/mol. The van der Waals surface area contributed by atoms with Crippen LogP contribution in [0.25, 0.3) is 0 Å². The molecule has 0 spiro atoms. The topological polar surface area (TPSA) is 46.3 Å². The van der Waals surface area contributed by atoms with Crippen LogP contribution >= 0.6 is 12.4 Å². The molecule has 0 saturated heterocycles. The van der Waals surface area contributed by atoms with Crippen LogP contribution in [-0.2, 0) is 4.79 Å². The molecule has 0 aromatic rings. The Morgan fingerprint density at radius 2 is 1.88 bits per heavy atom. The fraction of sp³-hybridized carbons (Fsp3) is 0.923. The second-order valence-electron chi connectivity index (χ2n) is 5.64. The Hall–Kier alpha value is -0.280. The van der Waals surface area contributed by atoms with Gasteiger partial charge in [0.1, 0.15) is 0 Å². The van der Waals surface area contributed by atoms with Crippen LogP contribution in [0.5, 0.6) is 0 Å². The number of nitrogens with zero attached hydrogens (tertiary/aromatic N) is 1. The molecule has 2 aliphatic carbocycles. The molecule has 2 unspecified atom stereocenters. The van der Waals surface area contributed by atoms with E-state index in [1.165, 1.54) is 19.3 Å². The molecule has 0 aliphatic heterocycles. The van der Waals surface area contributed by atoms with E-state index >= 15 is 0 Å². The summed E-state index contributed by atoms with van der Waals surface area (Å²) in [5.74, 6) is 1.31. The molecular formula is C13H25ClN2O. The molecule has 4 heteroatoms. The minimum atomic E-state index is 0. The minimum absolute atomic E-state index is 0. The fourth-order valence-corrected chi connectivity index (χ4v) is 2.92. The van der Waals surface area contributed by atoms with Gasteiger partial charge in [0.2, 0.25) is 5.91 Å². The average molecular weight is 261 g/mol. The molecule has 2 N–H and O–H groups in total. The lowest BCUT2D eigenvalue weighted by Crippen LogP contribution is -2.41. The largest absolute Gasteiger partial charge is 0.345 e. The van der Waals surface area contributed by atoms with Gasteiger partial charge in [-0.3, -0.25) is 4.79 Å². The van der Waals surface area contributed by atoms with Gasteiger partial charge < -0.3 is 10.6 Å². The molecule has 3 nitrogen and oxygen atoms in total. The van der Waals surface area contributed by atoms with Crippen molar-refractivity contribution in [1.29, 1.82) is 0 Å². The molecule has 17 heavy (non-hydrogen) atoms.